The van der Waals surface area contributed by atoms with Crippen molar-refractivity contribution in [1.29, 1.82) is 0 Å². The maximum atomic E-state index is 12.4. The SMILES string of the molecule is Cc1ccccc1OCCC(=O)NNC(=O)c1ccccc1-n1cccc1. The van der Waals surface area contributed by atoms with Crippen molar-refractivity contribution in [1.82, 2.24) is 15.4 Å². The summed E-state index contributed by atoms with van der Waals surface area (Å²) in [6.07, 6.45) is 3.84. The van der Waals surface area contributed by atoms with E-state index >= 15 is 0 Å². The fourth-order valence-electron chi connectivity index (χ4n) is 2.61. The van der Waals surface area contributed by atoms with E-state index < -0.39 is 0 Å². The van der Waals surface area contributed by atoms with Gasteiger partial charge in [0.1, 0.15) is 5.75 Å². The molecule has 3 aromatic rings. The molecular weight excluding hydrogens is 342 g/mol. The van der Waals surface area contributed by atoms with Gasteiger partial charge in [-0.15, -0.1) is 0 Å². The van der Waals surface area contributed by atoms with Crippen LogP contribution in [0.3, 0.4) is 0 Å². The van der Waals surface area contributed by atoms with Crippen LogP contribution in [0.4, 0.5) is 0 Å². The summed E-state index contributed by atoms with van der Waals surface area (Å²) in [5, 5.41) is 0. The van der Waals surface area contributed by atoms with E-state index in [0.717, 1.165) is 17.0 Å². The molecule has 138 valence electrons. The fraction of sp³-hybridized carbons (Fsp3) is 0.143. The number of benzene rings is 2. The second-order valence-electron chi connectivity index (χ2n) is 5.97. The first kappa shape index (κ1) is 18.3. The third-order valence-corrected chi connectivity index (χ3v) is 4.03. The number of ether oxygens (including phenoxy) is 1. The molecule has 0 spiro atoms. The molecular formula is C21H21N3O3. The highest BCUT2D eigenvalue weighted by molar-refractivity contribution is 5.98. The Morgan fingerprint density at radius 1 is 0.926 bits per heavy atom. The zero-order valence-corrected chi connectivity index (χ0v) is 15.0. The molecule has 0 saturated carbocycles. The molecule has 6 nitrogen and oxygen atoms in total. The molecule has 0 aliphatic rings. The van der Waals surface area contributed by atoms with Gasteiger partial charge in [-0.25, -0.2) is 0 Å². The lowest BCUT2D eigenvalue weighted by Crippen LogP contribution is -2.42. The Hall–Kier alpha value is -3.54. The van der Waals surface area contributed by atoms with Crippen molar-refractivity contribution in [2.75, 3.05) is 6.61 Å². The van der Waals surface area contributed by atoms with E-state index in [1.54, 1.807) is 12.1 Å². The molecule has 0 atom stereocenters. The lowest BCUT2D eigenvalue weighted by molar-refractivity contribution is -0.122. The number of amides is 2. The Labute approximate surface area is 157 Å². The summed E-state index contributed by atoms with van der Waals surface area (Å²) in [6.45, 7) is 2.17. The highest BCUT2D eigenvalue weighted by Crippen LogP contribution is 2.16. The third kappa shape index (κ3) is 4.76. The van der Waals surface area contributed by atoms with Crippen LogP contribution in [-0.4, -0.2) is 23.0 Å². The van der Waals surface area contributed by atoms with Crippen LogP contribution in [-0.2, 0) is 4.79 Å². The Bertz CT molecular complexity index is 920. The van der Waals surface area contributed by atoms with Gasteiger partial charge in [0.15, 0.2) is 0 Å². The molecule has 0 aliphatic carbocycles. The minimum atomic E-state index is -0.382. The second kappa shape index (κ2) is 8.71. The summed E-state index contributed by atoms with van der Waals surface area (Å²) in [5.74, 6) is 0.0397. The van der Waals surface area contributed by atoms with Crippen molar-refractivity contribution in [3.63, 3.8) is 0 Å². The molecule has 2 aromatic carbocycles. The molecule has 0 unspecified atom stereocenters. The van der Waals surface area contributed by atoms with E-state index in [9.17, 15) is 9.59 Å². The lowest BCUT2D eigenvalue weighted by Gasteiger charge is -2.12. The van der Waals surface area contributed by atoms with Gasteiger partial charge in [-0.3, -0.25) is 20.4 Å². The van der Waals surface area contributed by atoms with E-state index in [1.807, 2.05) is 72.4 Å². The Morgan fingerprint density at radius 2 is 1.63 bits per heavy atom. The molecule has 27 heavy (non-hydrogen) atoms. The van der Waals surface area contributed by atoms with Crippen molar-refractivity contribution in [3.8, 4) is 11.4 Å². The summed E-state index contributed by atoms with van der Waals surface area (Å²) < 4.78 is 7.43. The van der Waals surface area contributed by atoms with Crippen molar-refractivity contribution < 1.29 is 14.3 Å². The zero-order chi connectivity index (χ0) is 19.1. The van der Waals surface area contributed by atoms with Gasteiger partial charge in [0.05, 0.1) is 24.3 Å². The average Bonchev–Trinajstić information content (AvgIpc) is 3.22. The van der Waals surface area contributed by atoms with Crippen LogP contribution in [0.25, 0.3) is 5.69 Å². The van der Waals surface area contributed by atoms with Crippen molar-refractivity contribution >= 4 is 11.8 Å². The number of nitrogens with one attached hydrogen (secondary N) is 2. The van der Waals surface area contributed by atoms with Gasteiger partial charge >= 0.3 is 0 Å². The topological polar surface area (TPSA) is 72.4 Å². The highest BCUT2D eigenvalue weighted by Gasteiger charge is 2.12. The number of hydrogen-bond donors (Lipinski definition) is 2. The summed E-state index contributed by atoms with van der Waals surface area (Å²) in [7, 11) is 0. The largest absolute Gasteiger partial charge is 0.493 e. The molecule has 0 radical (unpaired) electrons. The first-order valence-electron chi connectivity index (χ1n) is 8.65. The van der Waals surface area contributed by atoms with Gasteiger partial charge in [0, 0.05) is 12.4 Å². The monoisotopic (exact) mass is 363 g/mol. The molecule has 2 N–H and O–H groups in total. The minimum Gasteiger partial charge on any atom is -0.493 e. The molecule has 1 heterocycles. The van der Waals surface area contributed by atoms with Gasteiger partial charge in [-0.2, -0.15) is 0 Å². The first-order chi connectivity index (χ1) is 13.1. The third-order valence-electron chi connectivity index (χ3n) is 4.03. The quantitative estimate of drug-likeness (QED) is 0.661. The average molecular weight is 363 g/mol. The number of hydrazine groups is 1. The number of hydrogen-bond acceptors (Lipinski definition) is 3. The summed E-state index contributed by atoms with van der Waals surface area (Å²) in [4.78, 5) is 24.4. The van der Waals surface area contributed by atoms with Crippen LogP contribution in [0, 0.1) is 6.92 Å². The number of para-hydroxylation sites is 2. The van der Waals surface area contributed by atoms with Crippen LogP contribution >= 0.6 is 0 Å². The normalized spacial score (nSPS) is 10.3. The van der Waals surface area contributed by atoms with Gasteiger partial charge in [-0.05, 0) is 42.8 Å². The molecule has 6 heteroatoms. The Balaban J connectivity index is 1.51. The molecule has 0 fully saturated rings. The number of carbonyl (C=O) groups is 2. The predicted molar refractivity (Wildman–Crippen MR) is 103 cm³/mol. The molecule has 0 bridgehead atoms. The van der Waals surface area contributed by atoms with Crippen molar-refractivity contribution in [3.05, 3.63) is 84.2 Å². The van der Waals surface area contributed by atoms with Gasteiger partial charge < -0.3 is 9.30 Å². The zero-order valence-electron chi connectivity index (χ0n) is 15.0. The highest BCUT2D eigenvalue weighted by atomic mass is 16.5. The molecule has 0 aliphatic heterocycles. The number of nitrogens with zero attached hydrogens (tertiary/aromatic N) is 1. The van der Waals surface area contributed by atoms with Crippen molar-refractivity contribution in [2.24, 2.45) is 0 Å². The molecule has 3 rings (SSSR count). The second-order valence-corrected chi connectivity index (χ2v) is 5.97. The van der Waals surface area contributed by atoms with Gasteiger partial charge in [-0.1, -0.05) is 30.3 Å². The van der Waals surface area contributed by atoms with Crippen LogP contribution in [0.15, 0.2) is 73.1 Å². The Morgan fingerprint density at radius 3 is 2.41 bits per heavy atom. The number of carbonyl (C=O) groups excluding carboxylic acids is 2. The van der Waals surface area contributed by atoms with E-state index in [4.69, 9.17) is 4.74 Å². The Kier molecular flexibility index (Phi) is 5.89. The molecule has 0 saturated heterocycles. The minimum absolute atomic E-state index is 0.133. The number of aromatic nitrogens is 1. The van der Waals surface area contributed by atoms with Gasteiger partial charge in [0.25, 0.3) is 5.91 Å². The van der Waals surface area contributed by atoms with Gasteiger partial charge in [0.2, 0.25) is 5.91 Å². The van der Waals surface area contributed by atoms with Crippen LogP contribution in [0.1, 0.15) is 22.3 Å². The van der Waals surface area contributed by atoms with Crippen LogP contribution in [0.5, 0.6) is 5.75 Å². The summed E-state index contributed by atoms with van der Waals surface area (Å²) >= 11 is 0. The summed E-state index contributed by atoms with van der Waals surface area (Å²) in [6, 6.07) is 18.5. The lowest BCUT2D eigenvalue weighted by atomic mass is 10.1. The van der Waals surface area contributed by atoms with E-state index in [-0.39, 0.29) is 24.8 Å². The van der Waals surface area contributed by atoms with E-state index in [2.05, 4.69) is 10.9 Å². The van der Waals surface area contributed by atoms with Crippen LogP contribution < -0.4 is 15.6 Å². The smallest absolute Gasteiger partial charge is 0.271 e. The maximum absolute atomic E-state index is 12.4. The molecule has 2 amide bonds. The van der Waals surface area contributed by atoms with E-state index in [1.165, 1.54) is 0 Å². The predicted octanol–water partition coefficient (Wildman–Crippen LogP) is 3.02. The number of rotatable bonds is 6. The van der Waals surface area contributed by atoms with E-state index in [0.29, 0.717) is 5.56 Å². The van der Waals surface area contributed by atoms with Crippen molar-refractivity contribution in [2.45, 2.75) is 13.3 Å². The fourth-order valence-corrected chi connectivity index (χ4v) is 2.61. The maximum Gasteiger partial charge on any atom is 0.271 e. The molecule has 1 aromatic heterocycles. The summed E-state index contributed by atoms with van der Waals surface area (Å²) in [5.41, 5.74) is 7.08. The number of aryl methyl sites for hydroxylation is 1. The van der Waals surface area contributed by atoms with Crippen LogP contribution in [0.2, 0.25) is 0 Å². The standard InChI is InChI=1S/C21H21N3O3/c1-16-8-2-5-11-19(16)27-15-12-20(25)22-23-21(26)17-9-3-4-10-18(17)24-13-6-7-14-24/h2-11,13-14H,12,15H2,1H3,(H,22,25)(H,23,26). The first-order valence-corrected chi connectivity index (χ1v) is 8.65.